The van der Waals surface area contributed by atoms with Crippen molar-refractivity contribution in [1.82, 2.24) is 0 Å². The van der Waals surface area contributed by atoms with Crippen LogP contribution >= 0.6 is 15.9 Å². The zero-order chi connectivity index (χ0) is 12.4. The highest BCUT2D eigenvalue weighted by molar-refractivity contribution is 9.10. The molecule has 0 aliphatic rings. The largest absolute Gasteiger partial charge is 0.497 e. The predicted octanol–water partition coefficient (Wildman–Crippen LogP) is 3.85. The van der Waals surface area contributed by atoms with Gasteiger partial charge in [-0.1, -0.05) is 12.1 Å². The van der Waals surface area contributed by atoms with E-state index in [0.717, 1.165) is 4.47 Å². The van der Waals surface area contributed by atoms with Crippen LogP contribution in [0.4, 0.5) is 10.1 Å². The van der Waals surface area contributed by atoms with Crippen molar-refractivity contribution in [3.8, 4) is 16.9 Å². The number of methoxy groups -OCH3 is 1. The van der Waals surface area contributed by atoms with E-state index in [9.17, 15) is 4.39 Å². The fourth-order valence-electron chi connectivity index (χ4n) is 1.61. The minimum atomic E-state index is -0.353. The number of rotatable bonds is 2. The van der Waals surface area contributed by atoms with Gasteiger partial charge in [0.1, 0.15) is 11.6 Å². The summed E-state index contributed by atoms with van der Waals surface area (Å²) >= 11 is 3.32. The zero-order valence-corrected chi connectivity index (χ0v) is 10.8. The maximum Gasteiger partial charge on any atom is 0.134 e. The summed E-state index contributed by atoms with van der Waals surface area (Å²) < 4.78 is 19.6. The molecule has 0 radical (unpaired) electrons. The van der Waals surface area contributed by atoms with Crippen molar-refractivity contribution in [3.05, 3.63) is 46.7 Å². The Balaban J connectivity index is 2.57. The normalized spacial score (nSPS) is 10.3. The van der Waals surface area contributed by atoms with Crippen LogP contribution in [0.5, 0.6) is 5.75 Å². The van der Waals surface area contributed by atoms with Gasteiger partial charge in [-0.3, -0.25) is 0 Å². The van der Waals surface area contributed by atoms with Crippen molar-refractivity contribution in [3.63, 3.8) is 0 Å². The van der Waals surface area contributed by atoms with Crippen molar-refractivity contribution in [1.29, 1.82) is 0 Å². The number of nitrogen functional groups attached to an aromatic ring is 1. The fraction of sp³-hybridized carbons (Fsp3) is 0.0769. The molecule has 2 nitrogen and oxygen atoms in total. The smallest absolute Gasteiger partial charge is 0.134 e. The lowest BCUT2D eigenvalue weighted by Gasteiger charge is -2.09. The minimum absolute atomic E-state index is 0.353. The molecule has 0 heterocycles. The maximum atomic E-state index is 13.9. The number of benzene rings is 2. The van der Waals surface area contributed by atoms with Crippen molar-refractivity contribution in [2.75, 3.05) is 12.8 Å². The van der Waals surface area contributed by atoms with Crippen LogP contribution in [0.2, 0.25) is 0 Å². The average Bonchev–Trinajstić information content (AvgIpc) is 2.33. The molecule has 17 heavy (non-hydrogen) atoms. The Kier molecular flexibility index (Phi) is 3.33. The quantitative estimate of drug-likeness (QED) is 0.854. The van der Waals surface area contributed by atoms with Gasteiger partial charge in [-0.05, 0) is 34.1 Å². The van der Waals surface area contributed by atoms with Gasteiger partial charge >= 0.3 is 0 Å². The van der Waals surface area contributed by atoms with Crippen LogP contribution in [-0.4, -0.2) is 7.11 Å². The standard InChI is InChI=1S/C13H11BrFNO/c1-17-8-5-6-9(12(15)7-8)10-3-2-4-11(14)13(10)16/h2-7H,16H2,1H3. The van der Waals surface area contributed by atoms with Crippen LogP contribution in [0.15, 0.2) is 40.9 Å². The fourth-order valence-corrected chi connectivity index (χ4v) is 1.98. The van der Waals surface area contributed by atoms with Crippen LogP contribution in [-0.2, 0) is 0 Å². The SMILES string of the molecule is COc1ccc(-c2cccc(Br)c2N)c(F)c1. The lowest BCUT2D eigenvalue weighted by Crippen LogP contribution is -1.94. The molecule has 0 saturated carbocycles. The molecule has 0 amide bonds. The number of anilines is 1. The summed E-state index contributed by atoms with van der Waals surface area (Å²) in [6.45, 7) is 0. The summed E-state index contributed by atoms with van der Waals surface area (Å²) in [7, 11) is 1.50. The molecule has 0 aromatic heterocycles. The van der Waals surface area contributed by atoms with Gasteiger partial charge in [0.25, 0.3) is 0 Å². The third-order valence-electron chi connectivity index (χ3n) is 2.52. The van der Waals surface area contributed by atoms with Crippen molar-refractivity contribution in [2.45, 2.75) is 0 Å². The Bertz CT molecular complexity index is 557. The van der Waals surface area contributed by atoms with Gasteiger partial charge in [0, 0.05) is 21.7 Å². The van der Waals surface area contributed by atoms with Crippen LogP contribution in [0.1, 0.15) is 0 Å². The van der Waals surface area contributed by atoms with Gasteiger partial charge in [-0.25, -0.2) is 4.39 Å². The van der Waals surface area contributed by atoms with E-state index in [4.69, 9.17) is 10.5 Å². The second kappa shape index (κ2) is 4.75. The van der Waals surface area contributed by atoms with E-state index in [1.54, 1.807) is 18.2 Å². The molecule has 2 N–H and O–H groups in total. The first kappa shape index (κ1) is 11.9. The van der Waals surface area contributed by atoms with Crippen LogP contribution in [0, 0.1) is 5.82 Å². The molecule has 2 aromatic rings. The number of nitrogens with two attached hydrogens (primary N) is 1. The maximum absolute atomic E-state index is 13.9. The molecule has 0 unspecified atom stereocenters. The van der Waals surface area contributed by atoms with Gasteiger partial charge in [0.2, 0.25) is 0 Å². The highest BCUT2D eigenvalue weighted by Gasteiger charge is 2.10. The number of hydrogen-bond acceptors (Lipinski definition) is 2. The number of halogens is 2. The lowest BCUT2D eigenvalue weighted by molar-refractivity contribution is 0.411. The van der Waals surface area contributed by atoms with Gasteiger partial charge in [0.05, 0.1) is 12.8 Å². The highest BCUT2D eigenvalue weighted by Crippen LogP contribution is 2.34. The van der Waals surface area contributed by atoms with Crippen molar-refractivity contribution in [2.24, 2.45) is 0 Å². The Morgan fingerprint density at radius 1 is 1.18 bits per heavy atom. The molecule has 0 saturated heterocycles. The molecule has 0 bridgehead atoms. The Labute approximate surface area is 107 Å². The van der Waals surface area contributed by atoms with Crippen molar-refractivity contribution >= 4 is 21.6 Å². The summed E-state index contributed by atoms with van der Waals surface area (Å²) in [4.78, 5) is 0. The first-order valence-corrected chi connectivity index (χ1v) is 5.80. The lowest BCUT2D eigenvalue weighted by atomic mass is 10.0. The number of ether oxygens (including phenoxy) is 1. The third kappa shape index (κ3) is 2.26. The summed E-state index contributed by atoms with van der Waals surface area (Å²) in [5.74, 6) is 0.133. The zero-order valence-electron chi connectivity index (χ0n) is 9.21. The molecule has 88 valence electrons. The van der Waals surface area contributed by atoms with Gasteiger partial charge in [-0.2, -0.15) is 0 Å². The van der Waals surface area contributed by atoms with Crippen LogP contribution < -0.4 is 10.5 Å². The first-order chi connectivity index (χ1) is 8.13. The molecule has 2 rings (SSSR count). The Morgan fingerprint density at radius 2 is 1.94 bits per heavy atom. The monoisotopic (exact) mass is 295 g/mol. The van der Waals surface area contributed by atoms with Crippen LogP contribution in [0.3, 0.4) is 0 Å². The summed E-state index contributed by atoms with van der Waals surface area (Å²) in [6.07, 6.45) is 0. The Morgan fingerprint density at radius 3 is 2.59 bits per heavy atom. The molecule has 0 atom stereocenters. The molecule has 0 spiro atoms. The molecule has 4 heteroatoms. The van der Waals surface area contributed by atoms with E-state index in [-0.39, 0.29) is 5.82 Å². The Hall–Kier alpha value is -1.55. The molecule has 2 aromatic carbocycles. The van der Waals surface area contributed by atoms with E-state index in [1.165, 1.54) is 13.2 Å². The summed E-state index contributed by atoms with van der Waals surface area (Å²) in [5, 5.41) is 0. The van der Waals surface area contributed by atoms with Gasteiger partial charge < -0.3 is 10.5 Å². The molecule has 0 fully saturated rings. The van der Waals surface area contributed by atoms with E-state index < -0.39 is 0 Å². The average molecular weight is 296 g/mol. The van der Waals surface area contributed by atoms with Crippen molar-refractivity contribution < 1.29 is 9.13 Å². The topological polar surface area (TPSA) is 35.2 Å². The molecule has 0 aliphatic carbocycles. The van der Waals surface area contributed by atoms with E-state index in [2.05, 4.69) is 15.9 Å². The van der Waals surface area contributed by atoms with E-state index in [1.807, 2.05) is 12.1 Å². The highest BCUT2D eigenvalue weighted by atomic mass is 79.9. The first-order valence-electron chi connectivity index (χ1n) is 5.01. The van der Waals surface area contributed by atoms with Gasteiger partial charge in [0.15, 0.2) is 0 Å². The summed E-state index contributed by atoms with van der Waals surface area (Å²) in [6, 6.07) is 10.1. The number of para-hydroxylation sites is 1. The molecular formula is C13H11BrFNO. The van der Waals surface area contributed by atoms with E-state index in [0.29, 0.717) is 22.6 Å². The van der Waals surface area contributed by atoms with E-state index >= 15 is 0 Å². The molecular weight excluding hydrogens is 285 g/mol. The second-order valence-corrected chi connectivity index (χ2v) is 4.40. The van der Waals surface area contributed by atoms with Gasteiger partial charge in [-0.15, -0.1) is 0 Å². The third-order valence-corrected chi connectivity index (χ3v) is 3.21. The second-order valence-electron chi connectivity index (χ2n) is 3.55. The van der Waals surface area contributed by atoms with Crippen LogP contribution in [0.25, 0.3) is 11.1 Å². The predicted molar refractivity (Wildman–Crippen MR) is 70.5 cm³/mol. The summed E-state index contributed by atoms with van der Waals surface area (Å²) in [5.41, 5.74) is 7.56. The minimum Gasteiger partial charge on any atom is -0.497 e. The number of hydrogen-bond donors (Lipinski definition) is 1. The molecule has 0 aliphatic heterocycles.